The van der Waals surface area contributed by atoms with Crippen molar-refractivity contribution in [2.75, 3.05) is 17.7 Å². The van der Waals surface area contributed by atoms with E-state index in [2.05, 4.69) is 15.3 Å². The van der Waals surface area contributed by atoms with E-state index in [0.717, 1.165) is 38.8 Å². The number of nitro groups is 1. The fourth-order valence-corrected chi connectivity index (χ4v) is 3.87. The first-order valence-electron chi connectivity index (χ1n) is 8.09. The smallest absolute Gasteiger partial charge is 0.269 e. The molecule has 7 nitrogen and oxygen atoms in total. The van der Waals surface area contributed by atoms with E-state index in [1.807, 2.05) is 24.3 Å². The molecule has 0 amide bonds. The average molecular weight is 368 g/mol. The Labute approximate surface area is 153 Å². The summed E-state index contributed by atoms with van der Waals surface area (Å²) in [5.74, 6) is 0.787. The van der Waals surface area contributed by atoms with Crippen molar-refractivity contribution in [2.24, 2.45) is 4.99 Å². The Bertz CT molecular complexity index is 997. The highest BCUT2D eigenvalue weighted by Gasteiger charge is 2.20. The van der Waals surface area contributed by atoms with Gasteiger partial charge in [-0.3, -0.25) is 15.1 Å². The zero-order valence-corrected chi connectivity index (χ0v) is 14.5. The summed E-state index contributed by atoms with van der Waals surface area (Å²) < 4.78 is 0. The minimum atomic E-state index is -0.415. The van der Waals surface area contributed by atoms with Gasteiger partial charge < -0.3 is 15.4 Å². The van der Waals surface area contributed by atoms with Crippen LogP contribution in [0, 0.1) is 10.1 Å². The van der Waals surface area contributed by atoms with E-state index < -0.39 is 4.92 Å². The predicted molar refractivity (Wildman–Crippen MR) is 105 cm³/mol. The topological polar surface area (TPSA) is 104 Å². The molecule has 3 N–H and O–H groups in total. The molecule has 0 fully saturated rings. The summed E-state index contributed by atoms with van der Waals surface area (Å²) in [7, 11) is 0. The van der Waals surface area contributed by atoms with Crippen molar-refractivity contribution < 1.29 is 10.0 Å². The fourth-order valence-electron chi connectivity index (χ4n) is 2.85. The lowest BCUT2D eigenvalue weighted by Crippen LogP contribution is -2.08. The Hall–Kier alpha value is -2.84. The van der Waals surface area contributed by atoms with Crippen LogP contribution < -0.4 is 5.32 Å². The van der Waals surface area contributed by atoms with E-state index in [9.17, 15) is 15.2 Å². The highest BCUT2D eigenvalue weighted by atomic mass is 32.2. The molecule has 0 bridgehead atoms. The van der Waals surface area contributed by atoms with Crippen LogP contribution in [-0.4, -0.2) is 38.5 Å². The Morgan fingerprint density at radius 3 is 2.81 bits per heavy atom. The number of nitrogens with one attached hydrogen (secondary N) is 2. The van der Waals surface area contributed by atoms with Gasteiger partial charge in [0, 0.05) is 29.0 Å². The lowest BCUT2D eigenvalue weighted by atomic mass is 10.2. The standard InChI is InChI=1S/C18H16N4O3S/c23-9-13-10-26-18(20-13)16-8-11-2-1-3-15(17(11)21-16)19-12-4-6-14(7-5-12)22(24)25/h1-8,13,19,21,23H,9-10H2/t13-/m1/s1. The molecule has 3 aromatic rings. The van der Waals surface area contributed by atoms with E-state index in [1.54, 1.807) is 23.9 Å². The molecule has 0 unspecified atom stereocenters. The van der Waals surface area contributed by atoms with E-state index in [1.165, 1.54) is 12.1 Å². The molecular formula is C18H16N4O3S. The Morgan fingerprint density at radius 2 is 2.12 bits per heavy atom. The zero-order chi connectivity index (χ0) is 18.1. The minimum Gasteiger partial charge on any atom is -0.394 e. The van der Waals surface area contributed by atoms with Crippen molar-refractivity contribution in [1.29, 1.82) is 0 Å². The fraction of sp³-hybridized carbons (Fsp3) is 0.167. The summed E-state index contributed by atoms with van der Waals surface area (Å²) in [4.78, 5) is 18.3. The second kappa shape index (κ2) is 6.81. The van der Waals surface area contributed by atoms with Gasteiger partial charge in [0.25, 0.3) is 5.69 Å². The van der Waals surface area contributed by atoms with Crippen LogP contribution in [0.1, 0.15) is 5.69 Å². The second-order valence-corrected chi connectivity index (χ2v) is 6.97. The third-order valence-corrected chi connectivity index (χ3v) is 5.32. The number of non-ortho nitro benzene ring substituents is 1. The molecule has 4 rings (SSSR count). The number of aliphatic imine (C=N–C) groups is 1. The number of aromatic amines is 1. The van der Waals surface area contributed by atoms with Crippen LogP contribution in [0.25, 0.3) is 10.9 Å². The molecule has 8 heteroatoms. The molecule has 0 saturated carbocycles. The quantitative estimate of drug-likeness (QED) is 0.471. The number of fused-ring (bicyclic) bond motifs is 1. The first-order valence-corrected chi connectivity index (χ1v) is 9.07. The number of nitro benzene ring substituents is 1. The van der Waals surface area contributed by atoms with Gasteiger partial charge in [-0.25, -0.2) is 0 Å². The number of aliphatic hydroxyl groups is 1. The number of anilines is 2. The van der Waals surface area contributed by atoms with Crippen molar-refractivity contribution in [3.8, 4) is 0 Å². The van der Waals surface area contributed by atoms with Gasteiger partial charge in [-0.1, -0.05) is 12.1 Å². The third-order valence-electron chi connectivity index (χ3n) is 4.17. The van der Waals surface area contributed by atoms with Crippen LogP contribution in [-0.2, 0) is 0 Å². The normalized spacial score (nSPS) is 16.7. The van der Waals surface area contributed by atoms with Gasteiger partial charge in [-0.05, 0) is 24.3 Å². The Kier molecular flexibility index (Phi) is 4.36. The maximum absolute atomic E-state index is 10.8. The van der Waals surface area contributed by atoms with Crippen LogP contribution in [0.3, 0.4) is 0 Å². The van der Waals surface area contributed by atoms with Crippen molar-refractivity contribution in [3.63, 3.8) is 0 Å². The summed E-state index contributed by atoms with van der Waals surface area (Å²) in [5, 5.41) is 25.3. The summed E-state index contributed by atoms with van der Waals surface area (Å²) in [6.07, 6.45) is 0. The van der Waals surface area contributed by atoms with E-state index in [0.29, 0.717) is 0 Å². The van der Waals surface area contributed by atoms with E-state index in [4.69, 9.17) is 0 Å². The van der Waals surface area contributed by atoms with Crippen molar-refractivity contribution >= 4 is 44.8 Å². The first-order chi connectivity index (χ1) is 12.6. The molecule has 1 aliphatic rings. The molecule has 0 saturated heterocycles. The number of rotatable bonds is 5. The maximum atomic E-state index is 10.8. The van der Waals surface area contributed by atoms with Crippen molar-refractivity contribution in [2.45, 2.75) is 6.04 Å². The Morgan fingerprint density at radius 1 is 1.31 bits per heavy atom. The molecule has 2 heterocycles. The minimum absolute atomic E-state index is 0.0425. The third kappa shape index (κ3) is 3.16. The van der Waals surface area contributed by atoms with Crippen LogP contribution in [0.5, 0.6) is 0 Å². The summed E-state index contributed by atoms with van der Waals surface area (Å²) in [6.45, 7) is 0.0592. The van der Waals surface area contributed by atoms with E-state index in [-0.39, 0.29) is 18.3 Å². The molecule has 1 aliphatic heterocycles. The number of para-hydroxylation sites is 1. The number of hydrogen-bond acceptors (Lipinski definition) is 6. The summed E-state index contributed by atoms with van der Waals surface area (Å²) in [6, 6.07) is 14.2. The van der Waals surface area contributed by atoms with Crippen LogP contribution in [0.4, 0.5) is 17.1 Å². The molecule has 2 aromatic carbocycles. The number of thioether (sulfide) groups is 1. The number of aliphatic hydroxyl groups excluding tert-OH is 1. The number of benzene rings is 2. The monoisotopic (exact) mass is 368 g/mol. The van der Waals surface area contributed by atoms with Crippen LogP contribution in [0.2, 0.25) is 0 Å². The van der Waals surface area contributed by atoms with Crippen LogP contribution >= 0.6 is 11.8 Å². The Balaban J connectivity index is 1.64. The molecule has 0 spiro atoms. The predicted octanol–water partition coefficient (Wildman–Crippen LogP) is 3.67. The van der Waals surface area contributed by atoms with Crippen molar-refractivity contribution in [1.82, 2.24) is 4.98 Å². The first kappa shape index (κ1) is 16.6. The van der Waals surface area contributed by atoms with Gasteiger partial charge in [0.05, 0.1) is 34.5 Å². The van der Waals surface area contributed by atoms with E-state index >= 15 is 0 Å². The largest absolute Gasteiger partial charge is 0.394 e. The molecule has 132 valence electrons. The molecule has 26 heavy (non-hydrogen) atoms. The second-order valence-electron chi connectivity index (χ2n) is 5.96. The van der Waals surface area contributed by atoms with Crippen molar-refractivity contribution in [3.05, 3.63) is 64.3 Å². The summed E-state index contributed by atoms with van der Waals surface area (Å²) >= 11 is 1.63. The molecule has 0 radical (unpaired) electrons. The number of aromatic nitrogens is 1. The van der Waals surface area contributed by atoms with Gasteiger partial charge in [0.2, 0.25) is 0 Å². The SMILES string of the molecule is O=[N+]([O-])c1ccc(Nc2cccc3cc(C4=N[C@H](CO)CS4)[nH]c23)cc1. The van der Waals surface area contributed by atoms with Gasteiger partial charge in [0.15, 0.2) is 0 Å². The number of H-pyrrole nitrogens is 1. The van der Waals surface area contributed by atoms with Gasteiger partial charge in [0.1, 0.15) is 5.04 Å². The molecule has 1 atom stereocenters. The van der Waals surface area contributed by atoms with Gasteiger partial charge >= 0.3 is 0 Å². The highest BCUT2D eigenvalue weighted by Crippen LogP contribution is 2.30. The van der Waals surface area contributed by atoms with Gasteiger partial charge in [-0.15, -0.1) is 11.8 Å². The molecular weight excluding hydrogens is 352 g/mol. The molecule has 0 aliphatic carbocycles. The molecule has 1 aromatic heterocycles. The van der Waals surface area contributed by atoms with Gasteiger partial charge in [-0.2, -0.15) is 0 Å². The zero-order valence-electron chi connectivity index (χ0n) is 13.7. The highest BCUT2D eigenvalue weighted by molar-refractivity contribution is 8.14. The number of nitrogens with zero attached hydrogens (tertiary/aromatic N) is 2. The lowest BCUT2D eigenvalue weighted by Gasteiger charge is -2.07. The average Bonchev–Trinajstić information content (AvgIpc) is 3.29. The van der Waals surface area contributed by atoms with Crippen LogP contribution in [0.15, 0.2) is 53.5 Å². The number of hydrogen-bond donors (Lipinski definition) is 3. The maximum Gasteiger partial charge on any atom is 0.269 e. The summed E-state index contributed by atoms with van der Waals surface area (Å²) in [5.41, 5.74) is 3.58. The lowest BCUT2D eigenvalue weighted by molar-refractivity contribution is -0.384.